The summed E-state index contributed by atoms with van der Waals surface area (Å²) in [6.45, 7) is 12.3. The molecular weight excluding hydrogens is 839 g/mol. The average molecular weight is 884 g/mol. The lowest BCUT2D eigenvalue weighted by molar-refractivity contribution is -0.192. The molecule has 0 saturated heterocycles. The van der Waals surface area contributed by atoms with Crippen LogP contribution in [-0.2, 0) is 52.4 Å². The minimum absolute atomic E-state index is 0.229. The van der Waals surface area contributed by atoms with Crippen LogP contribution in [0.25, 0.3) is 0 Å². The van der Waals surface area contributed by atoms with Gasteiger partial charge in [-0.15, -0.1) is 0 Å². The molecule has 47 heavy (non-hydrogen) atoms. The summed E-state index contributed by atoms with van der Waals surface area (Å²) >= 11 is 9.75. The summed E-state index contributed by atoms with van der Waals surface area (Å²) in [5, 5.41) is 9.80. The largest absolute Gasteiger partial charge is 0.490 e. The van der Waals surface area contributed by atoms with Gasteiger partial charge in [0.1, 0.15) is 39.4 Å². The highest BCUT2D eigenvalue weighted by molar-refractivity contribution is 9.10. The first-order valence-corrected chi connectivity index (χ1v) is 16.5. The SMILES string of the molecule is CCCOCCOCCNC(=O)COCC(COC(=O)C(C)(C)Br)(COC(=O)C(C)(C)Br)COC(=O)C(C)(C)Br.O=C(O)C(F)(F)F. The first-order chi connectivity index (χ1) is 21.3. The summed E-state index contributed by atoms with van der Waals surface area (Å²) in [4.78, 5) is 58.7. The normalized spacial score (nSPS) is 12.4. The highest BCUT2D eigenvalue weighted by atomic mass is 79.9. The second-order valence-electron chi connectivity index (χ2n) is 11.5. The zero-order chi connectivity index (χ0) is 37.1. The van der Waals surface area contributed by atoms with Gasteiger partial charge in [-0.3, -0.25) is 19.2 Å². The van der Waals surface area contributed by atoms with E-state index in [0.29, 0.717) is 26.4 Å². The quantitative estimate of drug-likeness (QED) is 0.0725. The fraction of sp³-hybridized carbons (Fsp3) is 0.821. The molecule has 0 aliphatic carbocycles. The molecule has 19 heteroatoms. The van der Waals surface area contributed by atoms with E-state index < -0.39 is 54.3 Å². The Bertz CT molecular complexity index is 920. The van der Waals surface area contributed by atoms with Gasteiger partial charge in [-0.2, -0.15) is 13.2 Å². The zero-order valence-corrected chi connectivity index (χ0v) is 32.2. The number of esters is 3. The average Bonchev–Trinajstić information content (AvgIpc) is 2.92. The number of hydrogen-bond acceptors (Lipinski definition) is 11. The summed E-state index contributed by atoms with van der Waals surface area (Å²) < 4.78 is 61.6. The van der Waals surface area contributed by atoms with Crippen molar-refractivity contribution in [3.05, 3.63) is 0 Å². The number of rotatable bonds is 21. The Hall–Kier alpha value is -1.54. The topological polar surface area (TPSA) is 173 Å². The maximum atomic E-state index is 12.5. The van der Waals surface area contributed by atoms with Crippen molar-refractivity contribution in [2.45, 2.75) is 74.0 Å². The molecule has 0 rings (SSSR count). The molecule has 2 N–H and O–H groups in total. The molecule has 0 aromatic carbocycles. The standard InChI is InChI=1S/C26H44Br3NO10.C2HF3O2/c1-8-10-35-12-13-36-11-9-30-19(31)14-37-15-26(16-38-20(32)23(2,3)27,17-39-21(33)24(4,5)28)18-40-22(34)25(6,7)29;3-2(4,5)1(6)7/h8-18H2,1-7H3,(H,30,31);(H,6,7). The van der Waals surface area contributed by atoms with Crippen molar-refractivity contribution in [1.82, 2.24) is 5.32 Å². The van der Waals surface area contributed by atoms with Crippen LogP contribution in [0.3, 0.4) is 0 Å². The molecule has 0 bridgehead atoms. The Kier molecular flexibility index (Phi) is 22.5. The Labute approximate surface area is 298 Å². The van der Waals surface area contributed by atoms with Gasteiger partial charge in [-0.1, -0.05) is 54.7 Å². The first-order valence-electron chi connectivity index (χ1n) is 14.2. The van der Waals surface area contributed by atoms with Gasteiger partial charge in [0.15, 0.2) is 0 Å². The molecule has 1 amide bonds. The molecule has 0 unspecified atom stereocenters. The summed E-state index contributed by atoms with van der Waals surface area (Å²) in [7, 11) is 0. The third kappa shape index (κ3) is 24.3. The number of carboxylic acid groups (broad SMARTS) is 1. The Morgan fingerprint density at radius 2 is 1.00 bits per heavy atom. The smallest absolute Gasteiger partial charge is 0.475 e. The second kappa shape index (κ2) is 22.2. The molecule has 0 heterocycles. The maximum Gasteiger partial charge on any atom is 0.490 e. The monoisotopic (exact) mass is 881 g/mol. The molecule has 0 radical (unpaired) electrons. The molecule has 0 aliphatic rings. The van der Waals surface area contributed by atoms with Crippen molar-refractivity contribution in [3.63, 3.8) is 0 Å². The van der Waals surface area contributed by atoms with Gasteiger partial charge >= 0.3 is 30.1 Å². The van der Waals surface area contributed by atoms with Crippen LogP contribution >= 0.6 is 47.8 Å². The molecule has 13 nitrogen and oxygen atoms in total. The third-order valence-electron chi connectivity index (χ3n) is 5.16. The van der Waals surface area contributed by atoms with E-state index in [1.165, 1.54) is 0 Å². The summed E-state index contributed by atoms with van der Waals surface area (Å²) in [5.74, 6) is -4.93. The number of carbonyl (C=O) groups is 5. The first kappa shape index (κ1) is 47.6. The van der Waals surface area contributed by atoms with E-state index in [2.05, 4.69) is 53.1 Å². The van der Waals surface area contributed by atoms with E-state index in [1.54, 1.807) is 41.5 Å². The van der Waals surface area contributed by atoms with Gasteiger partial charge in [0.2, 0.25) is 5.91 Å². The number of ether oxygens (including phenoxy) is 6. The van der Waals surface area contributed by atoms with Gasteiger partial charge in [0.25, 0.3) is 0 Å². The van der Waals surface area contributed by atoms with Crippen LogP contribution in [0.15, 0.2) is 0 Å². The van der Waals surface area contributed by atoms with E-state index >= 15 is 0 Å². The predicted molar refractivity (Wildman–Crippen MR) is 174 cm³/mol. The van der Waals surface area contributed by atoms with Crippen LogP contribution in [0.2, 0.25) is 0 Å². The number of aliphatic carboxylic acids is 1. The Morgan fingerprint density at radius 1 is 0.638 bits per heavy atom. The van der Waals surface area contributed by atoms with Crippen LogP contribution in [0.1, 0.15) is 54.9 Å². The predicted octanol–water partition coefficient (Wildman–Crippen LogP) is 4.33. The number of carboxylic acids is 1. The lowest BCUT2D eigenvalue weighted by Crippen LogP contribution is -2.47. The molecule has 0 aromatic heterocycles. The molecule has 0 aliphatic heterocycles. The highest BCUT2D eigenvalue weighted by Crippen LogP contribution is 2.27. The summed E-state index contributed by atoms with van der Waals surface area (Å²) in [6.07, 6.45) is -4.15. The molecule has 0 spiro atoms. The van der Waals surface area contributed by atoms with Gasteiger partial charge in [0, 0.05) is 13.2 Å². The number of hydrogen-bond donors (Lipinski definition) is 2. The van der Waals surface area contributed by atoms with E-state index in [0.717, 1.165) is 6.42 Å². The van der Waals surface area contributed by atoms with E-state index in [-0.39, 0.29) is 39.6 Å². The van der Waals surface area contributed by atoms with Crippen LogP contribution < -0.4 is 5.32 Å². The van der Waals surface area contributed by atoms with Crippen molar-refractivity contribution in [2.75, 3.05) is 66.0 Å². The molecule has 0 fully saturated rings. The van der Waals surface area contributed by atoms with Crippen molar-refractivity contribution in [2.24, 2.45) is 5.41 Å². The van der Waals surface area contributed by atoms with Crippen LogP contribution in [-0.4, -0.2) is 120 Å². The zero-order valence-electron chi connectivity index (χ0n) is 27.5. The Balaban J connectivity index is 0. The Morgan fingerprint density at radius 3 is 1.32 bits per heavy atom. The van der Waals surface area contributed by atoms with E-state index in [1.807, 2.05) is 6.92 Å². The fourth-order valence-electron chi connectivity index (χ4n) is 2.56. The van der Waals surface area contributed by atoms with Gasteiger partial charge < -0.3 is 38.8 Å². The number of halogens is 6. The maximum absolute atomic E-state index is 12.5. The number of amides is 1. The number of alkyl halides is 6. The van der Waals surface area contributed by atoms with Gasteiger partial charge in [-0.25, -0.2) is 4.79 Å². The summed E-state index contributed by atoms with van der Waals surface area (Å²) in [6, 6.07) is 0. The van der Waals surface area contributed by atoms with Gasteiger partial charge in [0.05, 0.1) is 31.8 Å². The molecular formula is C28H45Br3F3NO12. The lowest BCUT2D eigenvalue weighted by Gasteiger charge is -2.34. The number of carbonyl (C=O) groups excluding carboxylic acids is 4. The van der Waals surface area contributed by atoms with Crippen LogP contribution in [0.5, 0.6) is 0 Å². The van der Waals surface area contributed by atoms with E-state index in [9.17, 15) is 32.3 Å². The van der Waals surface area contributed by atoms with Crippen molar-refractivity contribution >= 4 is 77.6 Å². The fourth-order valence-corrected chi connectivity index (χ4v) is 2.90. The molecule has 276 valence electrons. The highest BCUT2D eigenvalue weighted by Gasteiger charge is 2.41. The van der Waals surface area contributed by atoms with Crippen LogP contribution in [0.4, 0.5) is 13.2 Å². The minimum Gasteiger partial charge on any atom is -0.475 e. The molecule has 0 atom stereocenters. The molecule has 0 saturated carbocycles. The van der Waals surface area contributed by atoms with Crippen molar-refractivity contribution in [3.8, 4) is 0 Å². The summed E-state index contributed by atoms with van der Waals surface area (Å²) in [5.41, 5.74) is -1.31. The number of nitrogens with one attached hydrogen (secondary N) is 1. The van der Waals surface area contributed by atoms with Crippen molar-refractivity contribution < 1.29 is 70.7 Å². The van der Waals surface area contributed by atoms with Crippen molar-refractivity contribution in [1.29, 1.82) is 0 Å². The second-order valence-corrected chi connectivity index (χ2v) is 17.5. The minimum atomic E-state index is -5.08. The van der Waals surface area contributed by atoms with Crippen LogP contribution in [0, 0.1) is 5.41 Å². The van der Waals surface area contributed by atoms with Gasteiger partial charge in [-0.05, 0) is 48.0 Å². The lowest BCUT2D eigenvalue weighted by atomic mass is 9.92. The van der Waals surface area contributed by atoms with E-state index in [4.69, 9.17) is 38.3 Å². The third-order valence-corrected chi connectivity index (χ3v) is 6.13. The molecule has 0 aromatic rings.